The Kier molecular flexibility index (Phi) is 6.74. The zero-order valence-corrected chi connectivity index (χ0v) is 16.3. The molecule has 4 rings (SSSR count). The van der Waals surface area contributed by atoms with Gasteiger partial charge in [0.2, 0.25) is 0 Å². The van der Waals surface area contributed by atoms with Gasteiger partial charge in [-0.05, 0) is 43.7 Å². The lowest BCUT2D eigenvalue weighted by Gasteiger charge is -2.35. The van der Waals surface area contributed by atoms with Gasteiger partial charge in [-0.1, -0.05) is 26.2 Å². The Labute approximate surface area is 161 Å². The van der Waals surface area contributed by atoms with E-state index < -0.39 is 5.91 Å². The summed E-state index contributed by atoms with van der Waals surface area (Å²) in [4.78, 5) is 15.9. The van der Waals surface area contributed by atoms with Crippen LogP contribution in [0.4, 0.5) is 5.69 Å². The van der Waals surface area contributed by atoms with Crippen molar-refractivity contribution >= 4 is 22.6 Å². The Morgan fingerprint density at radius 3 is 2.37 bits per heavy atom. The van der Waals surface area contributed by atoms with Gasteiger partial charge in [-0.2, -0.15) is 0 Å². The number of nitrogens with two attached hydrogens (primary N) is 2. The highest BCUT2D eigenvalue weighted by Crippen LogP contribution is 2.25. The number of hydrogen-bond donors (Lipinski definition) is 2. The maximum absolute atomic E-state index is 11.1. The first-order valence-corrected chi connectivity index (χ1v) is 10.1. The van der Waals surface area contributed by atoms with Crippen LogP contribution in [-0.2, 0) is 0 Å². The molecule has 2 aromatic rings. The van der Waals surface area contributed by atoms with Crippen molar-refractivity contribution in [3.8, 4) is 0 Å². The van der Waals surface area contributed by atoms with Crippen LogP contribution >= 0.6 is 0 Å². The number of nitrogens with zero attached hydrogens (tertiary/aromatic N) is 2. The van der Waals surface area contributed by atoms with Crippen LogP contribution in [0.1, 0.15) is 49.6 Å². The zero-order valence-electron chi connectivity index (χ0n) is 16.3. The van der Waals surface area contributed by atoms with E-state index in [1.807, 2.05) is 12.1 Å². The molecule has 0 bridgehead atoms. The molecule has 1 saturated heterocycles. The highest BCUT2D eigenvalue weighted by Gasteiger charge is 2.17. The van der Waals surface area contributed by atoms with Gasteiger partial charge in [0.1, 0.15) is 5.58 Å². The highest BCUT2D eigenvalue weighted by molar-refractivity contribution is 5.95. The largest absolute Gasteiger partial charge is 0.451 e. The van der Waals surface area contributed by atoms with Gasteiger partial charge in [0.15, 0.2) is 5.76 Å². The van der Waals surface area contributed by atoms with Crippen LogP contribution in [0.2, 0.25) is 0 Å². The molecule has 1 aliphatic heterocycles. The zero-order chi connectivity index (χ0) is 19.2. The van der Waals surface area contributed by atoms with Gasteiger partial charge in [-0.15, -0.1) is 0 Å². The van der Waals surface area contributed by atoms with Crippen LogP contribution in [-0.4, -0.2) is 49.6 Å². The number of amides is 1. The summed E-state index contributed by atoms with van der Waals surface area (Å²) in [6.45, 7) is 7.54. The van der Waals surface area contributed by atoms with E-state index in [2.05, 4.69) is 22.8 Å². The standard InChI is InChI=1S/C15H19N3O2.C6H13N/c1-2-17-5-7-18(8-6-17)12-3-4-13-11(9-12)10-14(20-13)15(16)19;7-6-4-2-1-3-5-6/h3-4,9-10H,2,5-8H2,1H3,(H2,16,19);6H,1-5,7H2. The summed E-state index contributed by atoms with van der Waals surface area (Å²) in [5, 5.41) is 0.925. The molecule has 6 heteroatoms. The van der Waals surface area contributed by atoms with Gasteiger partial charge in [0, 0.05) is 43.3 Å². The van der Waals surface area contributed by atoms with E-state index in [1.54, 1.807) is 6.07 Å². The summed E-state index contributed by atoms with van der Waals surface area (Å²) in [6, 6.07) is 8.26. The lowest BCUT2D eigenvalue weighted by atomic mass is 9.97. The third-order valence-corrected chi connectivity index (χ3v) is 5.58. The predicted octanol–water partition coefficient (Wildman–Crippen LogP) is 2.95. The molecule has 148 valence electrons. The Bertz CT molecular complexity index is 744. The van der Waals surface area contributed by atoms with Crippen LogP contribution in [0.15, 0.2) is 28.7 Å². The van der Waals surface area contributed by atoms with Gasteiger partial charge in [0.25, 0.3) is 5.91 Å². The second-order valence-electron chi connectivity index (χ2n) is 7.52. The molecule has 2 fully saturated rings. The number of fused-ring (bicyclic) bond motifs is 1. The Balaban J connectivity index is 0.000000253. The predicted molar refractivity (Wildman–Crippen MR) is 110 cm³/mol. The smallest absolute Gasteiger partial charge is 0.284 e. The van der Waals surface area contributed by atoms with Gasteiger partial charge >= 0.3 is 0 Å². The molecule has 2 heterocycles. The average molecular weight is 373 g/mol. The molecule has 0 unspecified atom stereocenters. The quantitative estimate of drug-likeness (QED) is 0.865. The normalized spacial score (nSPS) is 19.0. The Morgan fingerprint density at radius 2 is 1.81 bits per heavy atom. The number of piperazine rings is 1. The first-order chi connectivity index (χ1) is 13.1. The molecule has 6 nitrogen and oxygen atoms in total. The van der Waals surface area contributed by atoms with Crippen molar-refractivity contribution in [1.82, 2.24) is 4.90 Å². The molecule has 1 aromatic carbocycles. The van der Waals surface area contributed by atoms with Crippen molar-refractivity contribution in [2.75, 3.05) is 37.6 Å². The van der Waals surface area contributed by atoms with E-state index >= 15 is 0 Å². The number of hydrogen-bond acceptors (Lipinski definition) is 5. The van der Waals surface area contributed by atoms with Crippen LogP contribution < -0.4 is 16.4 Å². The third-order valence-electron chi connectivity index (χ3n) is 5.58. The van der Waals surface area contributed by atoms with Crippen molar-refractivity contribution in [3.05, 3.63) is 30.0 Å². The fourth-order valence-electron chi connectivity index (χ4n) is 3.81. The second kappa shape index (κ2) is 9.24. The number of rotatable bonds is 3. The maximum atomic E-state index is 11.1. The molecule has 1 saturated carbocycles. The molecule has 4 N–H and O–H groups in total. The summed E-state index contributed by atoms with van der Waals surface area (Å²) < 4.78 is 5.40. The number of furan rings is 1. The summed E-state index contributed by atoms with van der Waals surface area (Å²) in [5.41, 5.74) is 12.7. The molecule has 0 spiro atoms. The molecule has 1 aromatic heterocycles. The highest BCUT2D eigenvalue weighted by atomic mass is 16.3. The summed E-state index contributed by atoms with van der Waals surface area (Å²) in [7, 11) is 0. The van der Waals surface area contributed by atoms with Gasteiger partial charge in [-0.25, -0.2) is 0 Å². The number of anilines is 1. The monoisotopic (exact) mass is 372 g/mol. The summed E-state index contributed by atoms with van der Waals surface area (Å²) in [5.74, 6) is -0.313. The SMILES string of the molecule is CCN1CCN(c2ccc3oc(C(N)=O)cc3c2)CC1.NC1CCCCC1. The third kappa shape index (κ3) is 5.23. The minimum atomic E-state index is -0.528. The molecule has 27 heavy (non-hydrogen) atoms. The summed E-state index contributed by atoms with van der Waals surface area (Å²) >= 11 is 0. The maximum Gasteiger partial charge on any atom is 0.284 e. The molecule has 1 amide bonds. The van der Waals surface area contributed by atoms with E-state index in [0.29, 0.717) is 11.6 Å². The van der Waals surface area contributed by atoms with Crippen LogP contribution in [0.25, 0.3) is 11.0 Å². The molecule has 0 atom stereocenters. The van der Waals surface area contributed by atoms with Crippen LogP contribution in [0.3, 0.4) is 0 Å². The lowest BCUT2D eigenvalue weighted by Crippen LogP contribution is -2.46. The van der Waals surface area contributed by atoms with E-state index in [9.17, 15) is 4.79 Å². The first kappa shape index (κ1) is 19.7. The van der Waals surface area contributed by atoms with Crippen molar-refractivity contribution in [2.45, 2.75) is 45.1 Å². The van der Waals surface area contributed by atoms with E-state index in [4.69, 9.17) is 15.9 Å². The van der Waals surface area contributed by atoms with Gasteiger partial charge < -0.3 is 25.7 Å². The average Bonchev–Trinajstić information content (AvgIpc) is 3.13. The molecular weight excluding hydrogens is 340 g/mol. The van der Waals surface area contributed by atoms with Crippen molar-refractivity contribution in [2.24, 2.45) is 11.5 Å². The van der Waals surface area contributed by atoms with Gasteiger partial charge in [-0.3, -0.25) is 4.79 Å². The molecular formula is C21H32N4O2. The number of likely N-dealkylation sites (N-methyl/N-ethyl adjacent to an activating group) is 1. The number of benzene rings is 1. The van der Waals surface area contributed by atoms with Crippen molar-refractivity contribution < 1.29 is 9.21 Å². The van der Waals surface area contributed by atoms with Crippen molar-refractivity contribution in [1.29, 1.82) is 0 Å². The fraction of sp³-hybridized carbons (Fsp3) is 0.571. The van der Waals surface area contributed by atoms with E-state index in [1.165, 1.54) is 37.8 Å². The van der Waals surface area contributed by atoms with Crippen molar-refractivity contribution in [3.63, 3.8) is 0 Å². The minimum absolute atomic E-state index is 0.216. The molecule has 2 aliphatic rings. The Hall–Kier alpha value is -2.05. The topological polar surface area (TPSA) is 88.7 Å². The fourth-order valence-corrected chi connectivity index (χ4v) is 3.81. The van der Waals surface area contributed by atoms with E-state index in [-0.39, 0.29) is 5.76 Å². The van der Waals surface area contributed by atoms with E-state index in [0.717, 1.165) is 38.1 Å². The molecule has 0 radical (unpaired) electrons. The molecule has 1 aliphatic carbocycles. The number of carbonyl (C=O) groups excluding carboxylic acids is 1. The Morgan fingerprint density at radius 1 is 1.11 bits per heavy atom. The number of primary amides is 1. The first-order valence-electron chi connectivity index (χ1n) is 10.1. The number of carbonyl (C=O) groups is 1. The van der Waals surface area contributed by atoms with Gasteiger partial charge in [0.05, 0.1) is 0 Å². The lowest BCUT2D eigenvalue weighted by molar-refractivity contribution is 0.0976. The van der Waals surface area contributed by atoms with Crippen LogP contribution in [0, 0.1) is 0 Å². The minimum Gasteiger partial charge on any atom is -0.451 e. The summed E-state index contributed by atoms with van der Waals surface area (Å²) in [6.07, 6.45) is 6.66. The second-order valence-corrected chi connectivity index (χ2v) is 7.52. The van der Waals surface area contributed by atoms with Crippen LogP contribution in [0.5, 0.6) is 0 Å².